The van der Waals surface area contributed by atoms with Crippen molar-refractivity contribution in [2.75, 3.05) is 0 Å². The van der Waals surface area contributed by atoms with Gasteiger partial charge in [-0.2, -0.15) is 0 Å². The van der Waals surface area contributed by atoms with E-state index < -0.39 is 0 Å². The zero-order valence-corrected chi connectivity index (χ0v) is 9.12. The maximum Gasteiger partial charge on any atom is 0.0561 e. The summed E-state index contributed by atoms with van der Waals surface area (Å²) in [5.74, 6) is 0. The second-order valence-electron chi connectivity index (χ2n) is 2.92. The first-order chi connectivity index (χ1) is 6.61. The number of allylic oxidation sites excluding steroid dienone is 5. The molecule has 14 heavy (non-hydrogen) atoms. The van der Waals surface area contributed by atoms with Crippen LogP contribution >= 0.6 is 0 Å². The first kappa shape index (κ1) is 12.4. The summed E-state index contributed by atoms with van der Waals surface area (Å²) in [6.45, 7) is 9.60. The predicted octanol–water partition coefficient (Wildman–Crippen LogP) is 2.96. The molecule has 0 aliphatic heterocycles. The Kier molecular flexibility index (Phi) is 6.12. The molecular formula is C12H18N2. The summed E-state index contributed by atoms with van der Waals surface area (Å²) in [7, 11) is 0. The van der Waals surface area contributed by atoms with Crippen LogP contribution in [-0.4, -0.2) is 5.71 Å². The van der Waals surface area contributed by atoms with Gasteiger partial charge in [-0.25, -0.2) is 0 Å². The van der Waals surface area contributed by atoms with Crippen LogP contribution in [0.5, 0.6) is 0 Å². The monoisotopic (exact) mass is 190 g/mol. The number of nitrogens with zero attached hydrogens (tertiary/aromatic N) is 1. The third-order valence-electron chi connectivity index (χ3n) is 1.72. The molecule has 0 atom stereocenters. The second-order valence-corrected chi connectivity index (χ2v) is 2.92. The highest BCUT2D eigenvalue weighted by Gasteiger charge is 1.92. The molecule has 0 rings (SSSR count). The van der Waals surface area contributed by atoms with Gasteiger partial charge in [-0.1, -0.05) is 24.8 Å². The van der Waals surface area contributed by atoms with Crippen molar-refractivity contribution < 1.29 is 0 Å². The van der Waals surface area contributed by atoms with Gasteiger partial charge < -0.3 is 5.73 Å². The number of aliphatic imine (C=N–C) groups is 1. The van der Waals surface area contributed by atoms with Gasteiger partial charge in [-0.15, -0.1) is 0 Å². The summed E-state index contributed by atoms with van der Waals surface area (Å²) >= 11 is 0. The van der Waals surface area contributed by atoms with Gasteiger partial charge in [0.15, 0.2) is 0 Å². The van der Waals surface area contributed by atoms with E-state index in [2.05, 4.69) is 11.6 Å². The number of rotatable bonds is 4. The van der Waals surface area contributed by atoms with E-state index in [0.717, 1.165) is 17.0 Å². The average Bonchev–Trinajstić information content (AvgIpc) is 2.16. The summed E-state index contributed by atoms with van der Waals surface area (Å²) in [4.78, 5) is 4.27. The first-order valence-corrected chi connectivity index (χ1v) is 4.54. The van der Waals surface area contributed by atoms with Gasteiger partial charge in [0.25, 0.3) is 0 Å². The van der Waals surface area contributed by atoms with Gasteiger partial charge in [0.05, 0.1) is 5.70 Å². The lowest BCUT2D eigenvalue weighted by atomic mass is 10.2. The van der Waals surface area contributed by atoms with Gasteiger partial charge in [0.2, 0.25) is 0 Å². The van der Waals surface area contributed by atoms with Crippen molar-refractivity contribution in [2.45, 2.75) is 20.8 Å². The molecule has 2 N–H and O–H groups in total. The van der Waals surface area contributed by atoms with Gasteiger partial charge in [-0.05, 0) is 38.6 Å². The lowest BCUT2D eigenvalue weighted by Gasteiger charge is -1.98. The molecule has 0 amide bonds. The largest absolute Gasteiger partial charge is 0.404 e. The van der Waals surface area contributed by atoms with Gasteiger partial charge in [0, 0.05) is 5.71 Å². The van der Waals surface area contributed by atoms with Crippen molar-refractivity contribution in [1.29, 1.82) is 0 Å². The molecule has 0 heterocycles. The highest BCUT2D eigenvalue weighted by molar-refractivity contribution is 5.98. The molecule has 0 saturated heterocycles. The molecule has 0 radical (unpaired) electrons. The minimum Gasteiger partial charge on any atom is -0.404 e. The molecule has 0 aliphatic rings. The molecule has 0 aromatic rings. The normalized spacial score (nSPS) is 14.2. The molecular weight excluding hydrogens is 172 g/mol. The molecule has 0 aromatic carbocycles. The van der Waals surface area contributed by atoms with E-state index in [-0.39, 0.29) is 0 Å². The maximum absolute atomic E-state index is 5.37. The van der Waals surface area contributed by atoms with Crippen molar-refractivity contribution in [2.24, 2.45) is 10.7 Å². The predicted molar refractivity (Wildman–Crippen MR) is 64.1 cm³/mol. The van der Waals surface area contributed by atoms with Gasteiger partial charge in [-0.3, -0.25) is 4.99 Å². The summed E-state index contributed by atoms with van der Waals surface area (Å²) in [5.41, 5.74) is 7.95. The van der Waals surface area contributed by atoms with Crippen molar-refractivity contribution in [3.8, 4) is 0 Å². The van der Waals surface area contributed by atoms with Crippen LogP contribution in [0.1, 0.15) is 20.8 Å². The standard InChI is InChI=1S/C12H18N2/c1-5-6-7-8-11(3)14-12(4)10(2)9-13/h5-9H,3,13H2,1-2,4H3/b6-5-,8-7-,10-9?,14-12?. The Morgan fingerprint density at radius 3 is 2.43 bits per heavy atom. The third-order valence-corrected chi connectivity index (χ3v) is 1.72. The molecule has 0 aromatic heterocycles. The number of nitrogens with two attached hydrogens (primary N) is 1. The highest BCUT2D eigenvalue weighted by Crippen LogP contribution is 2.01. The summed E-state index contributed by atoms with van der Waals surface area (Å²) in [6, 6.07) is 0. The van der Waals surface area contributed by atoms with Crippen LogP contribution in [0.15, 0.2) is 53.3 Å². The number of hydrogen-bond donors (Lipinski definition) is 1. The summed E-state index contributed by atoms with van der Waals surface area (Å²) in [5, 5.41) is 0. The van der Waals surface area contributed by atoms with Gasteiger partial charge in [0.1, 0.15) is 0 Å². The van der Waals surface area contributed by atoms with Crippen LogP contribution in [0.4, 0.5) is 0 Å². The fraction of sp³-hybridized carbons (Fsp3) is 0.250. The quantitative estimate of drug-likeness (QED) is 0.537. The summed E-state index contributed by atoms with van der Waals surface area (Å²) < 4.78 is 0. The fourth-order valence-corrected chi connectivity index (χ4v) is 0.739. The zero-order valence-electron chi connectivity index (χ0n) is 9.12. The Balaban J connectivity index is 4.44. The minimum absolute atomic E-state index is 0.724. The Bertz CT molecular complexity index is 304. The lowest BCUT2D eigenvalue weighted by Crippen LogP contribution is -1.96. The Morgan fingerprint density at radius 1 is 1.29 bits per heavy atom. The second kappa shape index (κ2) is 6.89. The van der Waals surface area contributed by atoms with E-state index in [1.807, 2.05) is 45.1 Å². The zero-order chi connectivity index (χ0) is 11.0. The van der Waals surface area contributed by atoms with E-state index in [4.69, 9.17) is 5.73 Å². The van der Waals surface area contributed by atoms with Crippen LogP contribution < -0.4 is 5.73 Å². The van der Waals surface area contributed by atoms with E-state index in [1.165, 1.54) is 0 Å². The first-order valence-electron chi connectivity index (χ1n) is 4.54. The van der Waals surface area contributed by atoms with E-state index in [9.17, 15) is 0 Å². The summed E-state index contributed by atoms with van der Waals surface area (Å²) in [6.07, 6.45) is 9.18. The van der Waals surface area contributed by atoms with Crippen LogP contribution in [0.25, 0.3) is 0 Å². The van der Waals surface area contributed by atoms with Crippen LogP contribution in [0.2, 0.25) is 0 Å². The molecule has 0 aliphatic carbocycles. The van der Waals surface area contributed by atoms with E-state index in [0.29, 0.717) is 0 Å². The molecule has 76 valence electrons. The maximum atomic E-state index is 5.37. The Labute approximate surface area is 86.2 Å². The third kappa shape index (κ3) is 5.14. The number of hydrogen-bond acceptors (Lipinski definition) is 2. The Morgan fingerprint density at radius 2 is 1.93 bits per heavy atom. The molecule has 0 unspecified atom stereocenters. The van der Waals surface area contributed by atoms with E-state index in [1.54, 1.807) is 6.20 Å². The molecule has 0 bridgehead atoms. The van der Waals surface area contributed by atoms with Crippen molar-refractivity contribution in [3.63, 3.8) is 0 Å². The topological polar surface area (TPSA) is 38.4 Å². The molecule has 0 fully saturated rings. The smallest absolute Gasteiger partial charge is 0.0561 e. The highest BCUT2D eigenvalue weighted by atomic mass is 14.7. The van der Waals surface area contributed by atoms with Gasteiger partial charge >= 0.3 is 0 Å². The van der Waals surface area contributed by atoms with Crippen LogP contribution in [-0.2, 0) is 0 Å². The minimum atomic E-state index is 0.724. The Hall–Kier alpha value is -1.57. The molecule has 0 spiro atoms. The van der Waals surface area contributed by atoms with E-state index >= 15 is 0 Å². The van der Waals surface area contributed by atoms with Crippen molar-refractivity contribution in [1.82, 2.24) is 0 Å². The molecule has 0 saturated carbocycles. The SMILES string of the molecule is C=C(/C=C\C=C/C)N=C(C)C(C)=CN. The fourth-order valence-electron chi connectivity index (χ4n) is 0.739. The molecule has 2 heteroatoms. The van der Waals surface area contributed by atoms with Crippen molar-refractivity contribution in [3.05, 3.63) is 48.4 Å². The van der Waals surface area contributed by atoms with Crippen LogP contribution in [0, 0.1) is 0 Å². The van der Waals surface area contributed by atoms with Crippen LogP contribution in [0.3, 0.4) is 0 Å². The average molecular weight is 190 g/mol. The molecule has 2 nitrogen and oxygen atoms in total. The van der Waals surface area contributed by atoms with Crippen molar-refractivity contribution >= 4 is 5.71 Å². The lowest BCUT2D eigenvalue weighted by molar-refractivity contribution is 1.37.